The summed E-state index contributed by atoms with van der Waals surface area (Å²) in [7, 11) is 0. The zero-order chi connectivity index (χ0) is 35.1. The van der Waals surface area contributed by atoms with Crippen LogP contribution in [0.25, 0.3) is 5.69 Å². The van der Waals surface area contributed by atoms with Crippen molar-refractivity contribution in [1.82, 2.24) is 30.1 Å². The number of nitrogens with two attached hydrogens (primary N) is 1. The number of piperidine rings is 2. The fraction of sp³-hybridized carbons (Fsp3) is 0.552. The Bertz CT molecular complexity index is 1470. The molecule has 1 aromatic carbocycles. The van der Waals surface area contributed by atoms with Gasteiger partial charge in [-0.3, -0.25) is 14.4 Å². The van der Waals surface area contributed by atoms with E-state index in [0.29, 0.717) is 19.0 Å². The van der Waals surface area contributed by atoms with Crippen molar-refractivity contribution in [1.29, 1.82) is 0 Å². The van der Waals surface area contributed by atoms with Crippen LogP contribution in [0.15, 0.2) is 24.4 Å². The number of hydrogen-bond donors (Lipinski definition) is 4. The average molecular weight is 668 g/mol. The summed E-state index contributed by atoms with van der Waals surface area (Å²) in [5.74, 6) is -5.44. The van der Waals surface area contributed by atoms with Crippen LogP contribution in [-0.2, 0) is 19.1 Å². The first-order chi connectivity index (χ1) is 22.0. The number of carbonyl (C=O) groups excluding carboxylic acids is 3. The van der Waals surface area contributed by atoms with Crippen molar-refractivity contribution >= 4 is 30.0 Å². The molecule has 2 fully saturated rings. The van der Waals surface area contributed by atoms with Gasteiger partial charge in [-0.2, -0.15) is 0 Å². The Hall–Kier alpha value is -4.87. The van der Waals surface area contributed by atoms with Crippen LogP contribution in [0.3, 0.4) is 0 Å². The Morgan fingerprint density at radius 3 is 2.30 bits per heavy atom. The SMILES string of the molecule is CCOC(=O)[C@@H]1CN(C(=O)OC(C)(C)C)CC[C@@H]1NC(=O)c1cn(-c2ccc(F)cc2F)nn1.N[C@H]1CCN(C(=O)O)C[C@H]1C(=O)O. The number of carbonyl (C=O) groups is 5. The number of halogens is 2. The fourth-order valence-electron chi connectivity index (χ4n) is 4.91. The Balaban J connectivity index is 0.000000386. The van der Waals surface area contributed by atoms with E-state index < -0.39 is 71.2 Å². The summed E-state index contributed by atoms with van der Waals surface area (Å²) < 4.78 is 38.7. The molecular weight excluding hydrogens is 628 g/mol. The van der Waals surface area contributed by atoms with Crippen LogP contribution in [0.2, 0.25) is 0 Å². The molecule has 18 heteroatoms. The molecular formula is C29H39F2N7O9. The summed E-state index contributed by atoms with van der Waals surface area (Å²) >= 11 is 0. The molecule has 3 heterocycles. The van der Waals surface area contributed by atoms with E-state index in [1.54, 1.807) is 27.7 Å². The molecule has 0 aliphatic carbocycles. The highest BCUT2D eigenvalue weighted by Crippen LogP contribution is 2.22. The third-order valence-electron chi connectivity index (χ3n) is 7.31. The number of aliphatic carboxylic acids is 1. The lowest BCUT2D eigenvalue weighted by Gasteiger charge is -2.37. The zero-order valence-electron chi connectivity index (χ0n) is 26.4. The van der Waals surface area contributed by atoms with Gasteiger partial charge in [0.25, 0.3) is 5.91 Å². The van der Waals surface area contributed by atoms with Crippen molar-refractivity contribution in [3.05, 3.63) is 41.7 Å². The highest BCUT2D eigenvalue weighted by molar-refractivity contribution is 5.92. The van der Waals surface area contributed by atoms with Crippen molar-refractivity contribution in [2.75, 3.05) is 32.8 Å². The third kappa shape index (κ3) is 10.1. The minimum Gasteiger partial charge on any atom is -0.481 e. The number of carboxylic acids is 1. The number of benzene rings is 1. The highest BCUT2D eigenvalue weighted by Gasteiger charge is 2.39. The van der Waals surface area contributed by atoms with Gasteiger partial charge in [-0.25, -0.2) is 23.1 Å². The number of ether oxygens (including phenoxy) is 2. The molecule has 0 unspecified atom stereocenters. The largest absolute Gasteiger partial charge is 0.481 e. The Morgan fingerprint density at radius 2 is 1.70 bits per heavy atom. The van der Waals surface area contributed by atoms with E-state index in [2.05, 4.69) is 15.6 Å². The number of hydrogen-bond acceptors (Lipinski definition) is 10. The molecule has 0 spiro atoms. The van der Waals surface area contributed by atoms with Crippen molar-refractivity contribution in [2.45, 2.75) is 58.2 Å². The first-order valence-electron chi connectivity index (χ1n) is 14.8. The molecule has 47 heavy (non-hydrogen) atoms. The molecule has 1 aromatic heterocycles. The minimum absolute atomic E-state index is 0.00613. The summed E-state index contributed by atoms with van der Waals surface area (Å²) in [5.41, 5.74) is 4.64. The first kappa shape index (κ1) is 36.6. The number of likely N-dealkylation sites (tertiary alicyclic amines) is 2. The van der Waals surface area contributed by atoms with E-state index in [0.717, 1.165) is 15.6 Å². The molecule has 2 aromatic rings. The minimum atomic E-state index is -1.09. The van der Waals surface area contributed by atoms with Gasteiger partial charge < -0.3 is 40.5 Å². The molecule has 2 aliphatic heterocycles. The molecule has 0 saturated carbocycles. The van der Waals surface area contributed by atoms with Crippen molar-refractivity contribution in [3.63, 3.8) is 0 Å². The maximum atomic E-state index is 14.0. The number of esters is 1. The number of carboxylic acid groups (broad SMARTS) is 2. The average Bonchev–Trinajstić information content (AvgIpc) is 3.47. The van der Waals surface area contributed by atoms with Crippen LogP contribution < -0.4 is 11.1 Å². The van der Waals surface area contributed by atoms with Crippen molar-refractivity contribution < 1.29 is 52.4 Å². The van der Waals surface area contributed by atoms with Crippen molar-refractivity contribution in [2.24, 2.45) is 17.6 Å². The van der Waals surface area contributed by atoms with Gasteiger partial charge in [-0.15, -0.1) is 5.10 Å². The maximum absolute atomic E-state index is 14.0. The van der Waals surface area contributed by atoms with Crippen LogP contribution >= 0.6 is 0 Å². The number of rotatable bonds is 6. The van der Waals surface area contributed by atoms with Gasteiger partial charge in [0.1, 0.15) is 17.1 Å². The predicted molar refractivity (Wildman–Crippen MR) is 158 cm³/mol. The molecule has 2 saturated heterocycles. The molecule has 258 valence electrons. The normalized spacial score (nSPS) is 21.2. The second-order valence-electron chi connectivity index (χ2n) is 11.9. The molecule has 4 atom stereocenters. The summed E-state index contributed by atoms with van der Waals surface area (Å²) in [5, 5.41) is 27.5. The lowest BCUT2D eigenvalue weighted by atomic mass is 9.92. The van der Waals surface area contributed by atoms with Crippen LogP contribution in [0.5, 0.6) is 0 Å². The molecule has 3 amide bonds. The van der Waals surface area contributed by atoms with Crippen LogP contribution in [0, 0.1) is 23.5 Å². The van der Waals surface area contributed by atoms with E-state index in [4.69, 9.17) is 25.4 Å². The summed E-state index contributed by atoms with van der Waals surface area (Å²) in [6.45, 7) is 7.59. The summed E-state index contributed by atoms with van der Waals surface area (Å²) in [6, 6.07) is 1.84. The smallest absolute Gasteiger partial charge is 0.410 e. The van der Waals surface area contributed by atoms with Crippen LogP contribution in [0.1, 0.15) is 51.0 Å². The Kier molecular flexibility index (Phi) is 12.2. The number of aromatic nitrogens is 3. The zero-order valence-corrected chi connectivity index (χ0v) is 26.4. The lowest BCUT2D eigenvalue weighted by Crippen LogP contribution is -2.55. The predicted octanol–water partition coefficient (Wildman–Crippen LogP) is 1.86. The van der Waals surface area contributed by atoms with Gasteiger partial charge in [-0.05, 0) is 52.7 Å². The molecule has 0 radical (unpaired) electrons. The summed E-state index contributed by atoms with van der Waals surface area (Å²) in [6.07, 6.45) is 0.230. The van der Waals surface area contributed by atoms with Gasteiger partial charge in [0.05, 0.1) is 24.6 Å². The Morgan fingerprint density at radius 1 is 1.04 bits per heavy atom. The van der Waals surface area contributed by atoms with Crippen LogP contribution in [-0.4, -0.2) is 116 Å². The molecule has 5 N–H and O–H groups in total. The van der Waals surface area contributed by atoms with Crippen molar-refractivity contribution in [3.8, 4) is 5.69 Å². The molecule has 0 bridgehead atoms. The second-order valence-corrected chi connectivity index (χ2v) is 11.9. The van der Waals surface area contributed by atoms with Gasteiger partial charge in [-0.1, -0.05) is 5.21 Å². The standard InChI is InChI=1S/C22H27F2N5O5.C7H12N2O4/c1-5-33-20(31)14-11-28(21(32)34-22(2,3)4)9-8-16(14)25-19(30)17-12-29(27-26-17)18-7-6-13(23)10-15(18)24;8-5-1-2-9(7(12)13)3-4(5)6(10)11/h6-7,10,12,14,16H,5,8-9,11H2,1-4H3,(H,25,30);4-5H,1-3,8H2,(H,10,11)(H,12,13)/t14-,16+;4-,5+/m11/s1. The van der Waals surface area contributed by atoms with Gasteiger partial charge in [0.15, 0.2) is 11.5 Å². The topological polar surface area (TPSA) is 220 Å². The van der Waals surface area contributed by atoms with Gasteiger partial charge >= 0.3 is 24.1 Å². The third-order valence-corrected chi connectivity index (χ3v) is 7.31. The Labute approximate surface area is 268 Å². The number of amides is 3. The molecule has 16 nitrogen and oxygen atoms in total. The second kappa shape index (κ2) is 15.6. The number of nitrogens with one attached hydrogen (secondary N) is 1. The fourth-order valence-corrected chi connectivity index (χ4v) is 4.91. The molecule has 4 rings (SSSR count). The monoisotopic (exact) mass is 667 g/mol. The van der Waals surface area contributed by atoms with Gasteiger partial charge in [0.2, 0.25) is 0 Å². The van der Waals surface area contributed by atoms with Gasteiger partial charge in [0, 0.05) is 44.3 Å². The summed E-state index contributed by atoms with van der Waals surface area (Å²) in [4.78, 5) is 61.5. The lowest BCUT2D eigenvalue weighted by molar-refractivity contribution is -0.150. The quantitative estimate of drug-likeness (QED) is 0.325. The van der Waals surface area contributed by atoms with E-state index in [9.17, 15) is 32.8 Å². The van der Waals surface area contributed by atoms with E-state index in [1.807, 2.05) is 0 Å². The van der Waals surface area contributed by atoms with E-state index >= 15 is 0 Å². The van der Waals surface area contributed by atoms with E-state index in [-0.39, 0.29) is 44.0 Å². The highest BCUT2D eigenvalue weighted by atomic mass is 19.1. The molecule has 2 aliphatic rings. The van der Waals surface area contributed by atoms with E-state index in [1.165, 1.54) is 17.2 Å². The first-order valence-corrected chi connectivity index (χ1v) is 14.8. The van der Waals surface area contributed by atoms with Crippen LogP contribution in [0.4, 0.5) is 18.4 Å². The maximum Gasteiger partial charge on any atom is 0.410 e. The number of nitrogens with zero attached hydrogens (tertiary/aromatic N) is 5.